The van der Waals surface area contributed by atoms with E-state index in [-0.39, 0.29) is 0 Å². The Labute approximate surface area is 164 Å². The van der Waals surface area contributed by atoms with Crippen molar-refractivity contribution < 1.29 is 0 Å². The number of nitrogens with one attached hydrogen (secondary N) is 2. The molecule has 0 aliphatic rings. The van der Waals surface area contributed by atoms with Crippen LogP contribution in [0, 0.1) is 13.8 Å². The summed E-state index contributed by atoms with van der Waals surface area (Å²) in [4.78, 5) is 16.3. The van der Waals surface area contributed by atoms with E-state index in [1.54, 1.807) is 36.9 Å². The van der Waals surface area contributed by atoms with Crippen LogP contribution in [0.3, 0.4) is 0 Å². The Morgan fingerprint density at radius 3 is 1.29 bits per heavy atom. The second-order valence-corrected chi connectivity index (χ2v) is 6.13. The van der Waals surface area contributed by atoms with Gasteiger partial charge in [0.1, 0.15) is 0 Å². The summed E-state index contributed by atoms with van der Waals surface area (Å²) < 4.78 is 0. The maximum absolute atomic E-state index is 4.08. The Morgan fingerprint density at radius 2 is 0.929 bits per heavy atom. The first-order chi connectivity index (χ1) is 13.7. The van der Waals surface area contributed by atoms with Crippen LogP contribution in [0.2, 0.25) is 0 Å². The van der Waals surface area contributed by atoms with E-state index in [9.17, 15) is 0 Å². The van der Waals surface area contributed by atoms with Gasteiger partial charge in [-0.1, -0.05) is 24.3 Å². The number of benzene rings is 2. The smallest absolute Gasteiger partial charge is 0.227 e. The van der Waals surface area contributed by atoms with Gasteiger partial charge >= 0.3 is 0 Å². The minimum absolute atomic E-state index is 0.623. The van der Waals surface area contributed by atoms with Gasteiger partial charge in [-0.2, -0.15) is 0 Å². The van der Waals surface area contributed by atoms with E-state index < -0.39 is 0 Å². The molecule has 4 rings (SSSR count). The molecule has 0 unspecified atom stereocenters. The molecule has 0 aliphatic carbocycles. The van der Waals surface area contributed by atoms with Crippen LogP contribution in [0.1, 0.15) is 11.1 Å². The highest BCUT2D eigenvalue weighted by Gasteiger charge is 1.96. The van der Waals surface area contributed by atoms with E-state index in [1.165, 1.54) is 11.1 Å². The van der Waals surface area contributed by atoms with Gasteiger partial charge in [0.2, 0.25) is 11.9 Å². The van der Waals surface area contributed by atoms with E-state index in [4.69, 9.17) is 0 Å². The summed E-state index contributed by atoms with van der Waals surface area (Å²) in [6, 6.07) is 19.8. The number of hydrogen-bond donors (Lipinski definition) is 2. The van der Waals surface area contributed by atoms with Crippen molar-refractivity contribution in [3.8, 4) is 0 Å². The fourth-order valence-corrected chi connectivity index (χ4v) is 2.43. The van der Waals surface area contributed by atoms with Gasteiger partial charge in [-0.15, -0.1) is 0 Å². The molecule has 2 aromatic carbocycles. The summed E-state index contributed by atoms with van der Waals surface area (Å²) in [5, 5.41) is 6.24. The van der Waals surface area contributed by atoms with Gasteiger partial charge in [-0.05, 0) is 61.4 Å². The Bertz CT molecular complexity index is 907. The van der Waals surface area contributed by atoms with Crippen molar-refractivity contribution in [1.82, 2.24) is 19.9 Å². The van der Waals surface area contributed by atoms with E-state index >= 15 is 0 Å². The average molecular weight is 370 g/mol. The molecule has 28 heavy (non-hydrogen) atoms. The van der Waals surface area contributed by atoms with Crippen LogP contribution >= 0.6 is 0 Å². The highest BCUT2D eigenvalue weighted by atomic mass is 15.1. The standard InChI is InChI=1S/2C11H11N3/c2*1-9-4-2-5-10(8-9)14-11-12-6-3-7-13-11/h2*2-8H,1H3,(H,12,13,14). The topological polar surface area (TPSA) is 75.6 Å². The molecule has 0 saturated heterocycles. The summed E-state index contributed by atoms with van der Waals surface area (Å²) in [6.07, 6.45) is 6.85. The van der Waals surface area contributed by atoms with Gasteiger partial charge in [0.15, 0.2) is 0 Å². The molecule has 0 atom stereocenters. The number of aromatic nitrogens is 4. The molecule has 0 fully saturated rings. The molecule has 0 saturated carbocycles. The molecule has 6 heteroatoms. The number of anilines is 4. The summed E-state index contributed by atoms with van der Waals surface area (Å²) in [5.41, 5.74) is 4.45. The van der Waals surface area contributed by atoms with E-state index in [0.29, 0.717) is 11.9 Å². The van der Waals surface area contributed by atoms with Crippen molar-refractivity contribution in [2.45, 2.75) is 13.8 Å². The van der Waals surface area contributed by atoms with Crippen molar-refractivity contribution >= 4 is 23.3 Å². The summed E-state index contributed by atoms with van der Waals surface area (Å²) in [5.74, 6) is 1.25. The maximum Gasteiger partial charge on any atom is 0.227 e. The van der Waals surface area contributed by atoms with Crippen LogP contribution in [0.15, 0.2) is 85.5 Å². The Balaban J connectivity index is 0.000000161. The second-order valence-electron chi connectivity index (χ2n) is 6.13. The van der Waals surface area contributed by atoms with Gasteiger partial charge in [0, 0.05) is 36.2 Å². The largest absolute Gasteiger partial charge is 0.324 e. The van der Waals surface area contributed by atoms with Gasteiger partial charge in [0.25, 0.3) is 0 Å². The lowest BCUT2D eigenvalue weighted by Gasteiger charge is -2.03. The maximum atomic E-state index is 4.08. The zero-order valence-electron chi connectivity index (χ0n) is 15.9. The molecule has 0 bridgehead atoms. The van der Waals surface area contributed by atoms with Crippen LogP contribution in [0.5, 0.6) is 0 Å². The molecule has 2 aromatic heterocycles. The second kappa shape index (κ2) is 9.78. The number of nitrogens with zero attached hydrogens (tertiary/aromatic N) is 4. The van der Waals surface area contributed by atoms with Crippen LogP contribution in [0.4, 0.5) is 23.3 Å². The van der Waals surface area contributed by atoms with Crippen LogP contribution in [-0.4, -0.2) is 19.9 Å². The Kier molecular flexibility index (Phi) is 6.62. The predicted octanol–water partition coefficient (Wildman–Crippen LogP) is 5.06. The minimum atomic E-state index is 0.623. The summed E-state index contributed by atoms with van der Waals surface area (Å²) in [6.45, 7) is 4.11. The lowest BCUT2D eigenvalue weighted by Crippen LogP contribution is -1.95. The third kappa shape index (κ3) is 6.17. The number of aryl methyl sites for hydroxylation is 2. The zero-order chi connectivity index (χ0) is 19.6. The molecule has 2 N–H and O–H groups in total. The summed E-state index contributed by atoms with van der Waals surface area (Å²) >= 11 is 0. The SMILES string of the molecule is Cc1cccc(Nc2ncccn2)c1.Cc1cccc(Nc2ncccn2)c1. The van der Waals surface area contributed by atoms with Gasteiger partial charge in [0.05, 0.1) is 0 Å². The molecular weight excluding hydrogens is 348 g/mol. The molecule has 0 amide bonds. The van der Waals surface area contributed by atoms with Gasteiger partial charge in [-0.25, -0.2) is 19.9 Å². The molecule has 140 valence electrons. The molecule has 6 nitrogen and oxygen atoms in total. The Morgan fingerprint density at radius 1 is 0.536 bits per heavy atom. The first-order valence-electron chi connectivity index (χ1n) is 8.90. The van der Waals surface area contributed by atoms with Crippen molar-refractivity contribution in [3.05, 3.63) is 96.6 Å². The van der Waals surface area contributed by atoms with E-state index in [1.807, 2.05) is 24.3 Å². The predicted molar refractivity (Wildman–Crippen MR) is 113 cm³/mol. The average Bonchev–Trinajstić information content (AvgIpc) is 2.70. The molecule has 0 spiro atoms. The molecule has 0 radical (unpaired) electrons. The van der Waals surface area contributed by atoms with Crippen molar-refractivity contribution in [3.63, 3.8) is 0 Å². The minimum Gasteiger partial charge on any atom is -0.324 e. The van der Waals surface area contributed by atoms with Crippen LogP contribution in [0.25, 0.3) is 0 Å². The normalized spacial score (nSPS) is 9.79. The third-order valence-corrected chi connectivity index (χ3v) is 3.68. The van der Waals surface area contributed by atoms with E-state index in [2.05, 4.69) is 68.7 Å². The fourth-order valence-electron chi connectivity index (χ4n) is 2.43. The summed E-state index contributed by atoms with van der Waals surface area (Å²) in [7, 11) is 0. The lowest BCUT2D eigenvalue weighted by molar-refractivity contribution is 1.16. The zero-order valence-corrected chi connectivity index (χ0v) is 15.9. The highest BCUT2D eigenvalue weighted by Crippen LogP contribution is 2.14. The Hall–Kier alpha value is -3.80. The molecule has 4 aromatic rings. The third-order valence-electron chi connectivity index (χ3n) is 3.68. The quantitative estimate of drug-likeness (QED) is 0.523. The van der Waals surface area contributed by atoms with E-state index in [0.717, 1.165) is 11.4 Å². The molecule has 2 heterocycles. The number of hydrogen-bond acceptors (Lipinski definition) is 6. The van der Waals surface area contributed by atoms with Crippen LogP contribution in [-0.2, 0) is 0 Å². The first kappa shape index (κ1) is 19.0. The van der Waals surface area contributed by atoms with Crippen molar-refractivity contribution in [2.24, 2.45) is 0 Å². The van der Waals surface area contributed by atoms with Gasteiger partial charge < -0.3 is 10.6 Å². The molecular formula is C22H22N6. The fraction of sp³-hybridized carbons (Fsp3) is 0.0909. The monoisotopic (exact) mass is 370 g/mol. The first-order valence-corrected chi connectivity index (χ1v) is 8.90. The molecule has 0 aliphatic heterocycles. The highest BCUT2D eigenvalue weighted by molar-refractivity contribution is 5.54. The van der Waals surface area contributed by atoms with Crippen molar-refractivity contribution in [1.29, 1.82) is 0 Å². The lowest BCUT2D eigenvalue weighted by atomic mass is 10.2. The number of rotatable bonds is 4. The van der Waals surface area contributed by atoms with Gasteiger partial charge in [-0.3, -0.25) is 0 Å². The van der Waals surface area contributed by atoms with Crippen molar-refractivity contribution in [2.75, 3.05) is 10.6 Å². The van der Waals surface area contributed by atoms with Crippen LogP contribution < -0.4 is 10.6 Å².